The lowest BCUT2D eigenvalue weighted by Crippen LogP contribution is -2.21. The lowest BCUT2D eigenvalue weighted by Gasteiger charge is -2.16. The molecule has 21 heavy (non-hydrogen) atoms. The fourth-order valence-corrected chi connectivity index (χ4v) is 3.82. The summed E-state index contributed by atoms with van der Waals surface area (Å²) < 4.78 is 14.9. The van der Waals surface area contributed by atoms with Crippen LogP contribution in [-0.2, 0) is 0 Å². The largest absolute Gasteiger partial charge is 0.309 e. The van der Waals surface area contributed by atoms with Crippen LogP contribution < -0.4 is 5.32 Å². The van der Waals surface area contributed by atoms with Crippen LogP contribution in [0, 0.1) is 5.82 Å². The molecule has 0 spiro atoms. The van der Waals surface area contributed by atoms with Gasteiger partial charge in [0, 0.05) is 25.8 Å². The molecule has 1 aromatic carbocycles. The van der Waals surface area contributed by atoms with E-state index in [2.05, 4.69) is 41.2 Å². The van der Waals surface area contributed by atoms with Crippen molar-refractivity contribution < 1.29 is 4.39 Å². The Morgan fingerprint density at radius 3 is 2.71 bits per heavy atom. The van der Waals surface area contributed by atoms with Gasteiger partial charge in [0.15, 0.2) is 0 Å². The van der Waals surface area contributed by atoms with E-state index in [9.17, 15) is 4.39 Å². The van der Waals surface area contributed by atoms with Gasteiger partial charge in [0.2, 0.25) is 0 Å². The summed E-state index contributed by atoms with van der Waals surface area (Å²) >= 11 is 5.10. The fourth-order valence-electron chi connectivity index (χ4n) is 2.32. The standard InChI is InChI=1S/C17H21BrFNS/c1-3-5-15(20-10-4-2)17-9-8-16(21-17)13-11-12(18)6-7-14(13)19/h6-9,11,15,20H,3-5,10H2,1-2H3. The van der Waals surface area contributed by atoms with E-state index in [4.69, 9.17) is 0 Å². The third-order valence-electron chi connectivity index (χ3n) is 3.38. The van der Waals surface area contributed by atoms with E-state index >= 15 is 0 Å². The lowest BCUT2D eigenvalue weighted by atomic mass is 10.1. The van der Waals surface area contributed by atoms with E-state index in [-0.39, 0.29) is 5.82 Å². The first-order valence-electron chi connectivity index (χ1n) is 7.44. The summed E-state index contributed by atoms with van der Waals surface area (Å²) in [6, 6.07) is 9.63. The van der Waals surface area contributed by atoms with E-state index in [1.165, 1.54) is 10.9 Å². The van der Waals surface area contributed by atoms with Crippen LogP contribution in [0.1, 0.15) is 44.0 Å². The molecule has 4 heteroatoms. The van der Waals surface area contributed by atoms with Crippen LogP contribution >= 0.6 is 27.3 Å². The van der Waals surface area contributed by atoms with E-state index in [0.29, 0.717) is 11.6 Å². The summed E-state index contributed by atoms with van der Waals surface area (Å²) in [6.45, 7) is 5.39. The van der Waals surface area contributed by atoms with E-state index < -0.39 is 0 Å². The molecule has 2 rings (SSSR count). The smallest absolute Gasteiger partial charge is 0.131 e. The molecule has 1 nitrogen and oxygen atoms in total. The van der Waals surface area contributed by atoms with Gasteiger partial charge in [-0.15, -0.1) is 11.3 Å². The third kappa shape index (κ3) is 4.38. The molecule has 0 aliphatic rings. The van der Waals surface area contributed by atoms with E-state index in [0.717, 1.165) is 35.2 Å². The Morgan fingerprint density at radius 1 is 1.19 bits per heavy atom. The van der Waals surface area contributed by atoms with Gasteiger partial charge in [-0.1, -0.05) is 36.2 Å². The average Bonchev–Trinajstić information content (AvgIpc) is 2.95. The summed E-state index contributed by atoms with van der Waals surface area (Å²) in [4.78, 5) is 2.28. The van der Waals surface area contributed by atoms with Gasteiger partial charge in [0.1, 0.15) is 5.82 Å². The first-order valence-corrected chi connectivity index (χ1v) is 9.05. The van der Waals surface area contributed by atoms with Gasteiger partial charge in [0.25, 0.3) is 0 Å². The van der Waals surface area contributed by atoms with Crippen molar-refractivity contribution in [2.24, 2.45) is 0 Å². The van der Waals surface area contributed by atoms with Crippen LogP contribution in [0.5, 0.6) is 0 Å². The highest BCUT2D eigenvalue weighted by Gasteiger charge is 2.14. The van der Waals surface area contributed by atoms with Crippen molar-refractivity contribution in [3.63, 3.8) is 0 Å². The number of benzene rings is 1. The lowest BCUT2D eigenvalue weighted by molar-refractivity contribution is 0.501. The van der Waals surface area contributed by atoms with Crippen LogP contribution in [-0.4, -0.2) is 6.54 Å². The summed E-state index contributed by atoms with van der Waals surface area (Å²) in [6.07, 6.45) is 3.37. The maximum atomic E-state index is 14.0. The van der Waals surface area contributed by atoms with Gasteiger partial charge in [-0.25, -0.2) is 4.39 Å². The second-order valence-electron chi connectivity index (χ2n) is 5.12. The molecule has 0 aliphatic heterocycles. The molecular weight excluding hydrogens is 349 g/mol. The zero-order valence-electron chi connectivity index (χ0n) is 12.5. The normalized spacial score (nSPS) is 12.6. The minimum atomic E-state index is -0.167. The topological polar surface area (TPSA) is 12.0 Å². The summed E-state index contributed by atoms with van der Waals surface area (Å²) in [7, 11) is 0. The summed E-state index contributed by atoms with van der Waals surface area (Å²) in [5.74, 6) is -0.167. The molecule has 1 atom stereocenters. The van der Waals surface area contributed by atoms with Crippen LogP contribution in [0.2, 0.25) is 0 Å². The molecule has 0 amide bonds. The first-order chi connectivity index (χ1) is 10.2. The SMILES string of the molecule is CCCNC(CCC)c1ccc(-c2cc(Br)ccc2F)s1. The number of halogens is 2. The van der Waals surface area contributed by atoms with E-state index in [1.54, 1.807) is 17.4 Å². The fraction of sp³-hybridized carbons (Fsp3) is 0.412. The Morgan fingerprint density at radius 2 is 2.00 bits per heavy atom. The number of hydrogen-bond acceptors (Lipinski definition) is 2. The predicted molar refractivity (Wildman–Crippen MR) is 93.4 cm³/mol. The predicted octanol–water partition coefficient (Wildman–Crippen LogP) is 6.16. The van der Waals surface area contributed by atoms with Crippen molar-refractivity contribution in [1.29, 1.82) is 0 Å². The Bertz CT molecular complexity index is 582. The minimum Gasteiger partial charge on any atom is -0.309 e. The zero-order valence-corrected chi connectivity index (χ0v) is 14.9. The van der Waals surface area contributed by atoms with Crippen molar-refractivity contribution in [2.45, 2.75) is 39.2 Å². The molecule has 0 aliphatic carbocycles. The molecular formula is C17H21BrFNS. The Kier molecular flexibility index (Phi) is 6.40. The van der Waals surface area contributed by atoms with Crippen molar-refractivity contribution in [1.82, 2.24) is 5.32 Å². The monoisotopic (exact) mass is 369 g/mol. The van der Waals surface area contributed by atoms with Gasteiger partial charge in [-0.2, -0.15) is 0 Å². The molecule has 114 valence electrons. The van der Waals surface area contributed by atoms with Gasteiger partial charge in [-0.3, -0.25) is 0 Å². The third-order valence-corrected chi connectivity index (χ3v) is 5.11. The minimum absolute atomic E-state index is 0.167. The molecule has 1 N–H and O–H groups in total. The van der Waals surface area contributed by atoms with Crippen LogP contribution in [0.25, 0.3) is 10.4 Å². The number of hydrogen-bond donors (Lipinski definition) is 1. The second-order valence-corrected chi connectivity index (χ2v) is 7.15. The highest BCUT2D eigenvalue weighted by atomic mass is 79.9. The number of nitrogens with one attached hydrogen (secondary N) is 1. The summed E-state index contributed by atoms with van der Waals surface area (Å²) in [5, 5.41) is 3.58. The molecule has 1 aromatic heterocycles. The average molecular weight is 370 g/mol. The number of rotatable bonds is 7. The highest BCUT2D eigenvalue weighted by Crippen LogP contribution is 2.35. The van der Waals surface area contributed by atoms with E-state index in [1.807, 2.05) is 12.1 Å². The quantitative estimate of drug-likeness (QED) is 0.616. The number of thiophene rings is 1. The zero-order chi connectivity index (χ0) is 15.2. The van der Waals surface area contributed by atoms with Gasteiger partial charge < -0.3 is 5.32 Å². The Balaban J connectivity index is 2.24. The highest BCUT2D eigenvalue weighted by molar-refractivity contribution is 9.10. The van der Waals surface area contributed by atoms with Gasteiger partial charge >= 0.3 is 0 Å². The van der Waals surface area contributed by atoms with Crippen molar-refractivity contribution in [2.75, 3.05) is 6.54 Å². The maximum Gasteiger partial charge on any atom is 0.131 e. The van der Waals surface area contributed by atoms with Crippen molar-refractivity contribution in [3.8, 4) is 10.4 Å². The molecule has 1 unspecified atom stereocenters. The Hall–Kier alpha value is -0.710. The Labute approximate surface area is 138 Å². The molecule has 0 saturated heterocycles. The first kappa shape index (κ1) is 16.7. The molecule has 1 heterocycles. The van der Waals surface area contributed by atoms with Crippen molar-refractivity contribution in [3.05, 3.63) is 45.5 Å². The molecule has 0 saturated carbocycles. The summed E-state index contributed by atoms with van der Waals surface area (Å²) in [5.41, 5.74) is 0.673. The van der Waals surface area contributed by atoms with Crippen LogP contribution in [0.4, 0.5) is 4.39 Å². The van der Waals surface area contributed by atoms with Crippen LogP contribution in [0.3, 0.4) is 0 Å². The second kappa shape index (κ2) is 8.06. The molecule has 0 radical (unpaired) electrons. The van der Waals surface area contributed by atoms with Gasteiger partial charge in [-0.05, 0) is 49.7 Å². The van der Waals surface area contributed by atoms with Crippen LogP contribution in [0.15, 0.2) is 34.8 Å². The molecule has 2 aromatic rings. The van der Waals surface area contributed by atoms with Crippen molar-refractivity contribution >= 4 is 27.3 Å². The molecule has 0 bridgehead atoms. The van der Waals surface area contributed by atoms with Gasteiger partial charge in [0.05, 0.1) is 0 Å². The maximum absolute atomic E-state index is 14.0. The molecule has 0 fully saturated rings.